The van der Waals surface area contributed by atoms with Crippen molar-refractivity contribution in [1.29, 1.82) is 0 Å². The molecule has 5 nitrogen and oxygen atoms in total. The number of anilines is 2. The molecule has 0 saturated carbocycles. The van der Waals surface area contributed by atoms with Gasteiger partial charge in [-0.25, -0.2) is 4.90 Å². The molecule has 2 amide bonds. The molecule has 6 heteroatoms. The Morgan fingerprint density at radius 3 is 2.25 bits per heavy atom. The Balaban J connectivity index is 1.65. The lowest BCUT2D eigenvalue weighted by molar-refractivity contribution is -0.113. The van der Waals surface area contributed by atoms with Gasteiger partial charge in [0.25, 0.3) is 11.1 Å². The van der Waals surface area contributed by atoms with Gasteiger partial charge in [0.2, 0.25) is 0 Å². The molecule has 0 spiro atoms. The van der Waals surface area contributed by atoms with Crippen molar-refractivity contribution in [3.8, 4) is 5.69 Å². The van der Waals surface area contributed by atoms with Crippen LogP contribution in [0.3, 0.4) is 0 Å². The summed E-state index contributed by atoms with van der Waals surface area (Å²) in [5.41, 5.74) is 3.53. The maximum absolute atomic E-state index is 12.8. The van der Waals surface area contributed by atoms with Crippen LogP contribution < -0.4 is 9.80 Å². The molecule has 3 aromatic rings. The summed E-state index contributed by atoms with van der Waals surface area (Å²) in [5, 5.41) is -0.282. The molecule has 1 aliphatic rings. The number of hydrogen-bond donors (Lipinski definition) is 0. The highest BCUT2D eigenvalue weighted by atomic mass is 32.2. The van der Waals surface area contributed by atoms with Crippen molar-refractivity contribution in [3.63, 3.8) is 0 Å². The Labute approximate surface area is 167 Å². The molecule has 0 aliphatic carbocycles. The van der Waals surface area contributed by atoms with Crippen molar-refractivity contribution >= 4 is 40.4 Å². The van der Waals surface area contributed by atoms with E-state index in [1.807, 2.05) is 84.4 Å². The minimum Gasteiger partial charge on any atom is -0.378 e. The lowest BCUT2D eigenvalue weighted by Gasteiger charge is -2.14. The average molecular weight is 389 g/mol. The molecule has 1 aromatic heterocycles. The summed E-state index contributed by atoms with van der Waals surface area (Å²) in [4.78, 5) is 28.9. The van der Waals surface area contributed by atoms with Crippen molar-refractivity contribution in [2.24, 2.45) is 0 Å². The first-order chi connectivity index (χ1) is 13.5. The van der Waals surface area contributed by atoms with Crippen LogP contribution in [0.1, 0.15) is 5.69 Å². The molecular weight excluding hydrogens is 370 g/mol. The number of aromatic nitrogens is 1. The number of imide groups is 1. The van der Waals surface area contributed by atoms with Gasteiger partial charge in [-0.05, 0) is 66.4 Å². The molecule has 0 atom stereocenters. The predicted molar refractivity (Wildman–Crippen MR) is 115 cm³/mol. The van der Waals surface area contributed by atoms with Crippen LogP contribution in [-0.2, 0) is 4.79 Å². The number of hydrogen-bond acceptors (Lipinski definition) is 4. The van der Waals surface area contributed by atoms with Gasteiger partial charge in [-0.2, -0.15) is 0 Å². The fraction of sp³-hybridized carbons (Fsp3) is 0.0909. The standard InChI is InChI=1S/C22H19N3O2S/c1-23(2)16-10-12-17(13-11-16)24-14-6-9-19(24)15-20-21(26)25(22(27)28-20)18-7-4-3-5-8-18/h3-15H,1-2H3/b20-15-. The zero-order valence-corrected chi connectivity index (χ0v) is 16.4. The number of para-hydroxylation sites is 1. The van der Waals surface area contributed by atoms with E-state index in [1.165, 1.54) is 4.90 Å². The first-order valence-corrected chi connectivity index (χ1v) is 9.64. The zero-order valence-electron chi connectivity index (χ0n) is 15.6. The van der Waals surface area contributed by atoms with Gasteiger partial charge in [-0.1, -0.05) is 18.2 Å². The van der Waals surface area contributed by atoms with Gasteiger partial charge in [0.1, 0.15) is 0 Å². The number of rotatable bonds is 4. The second kappa shape index (κ2) is 7.40. The van der Waals surface area contributed by atoms with E-state index in [0.717, 1.165) is 28.8 Å². The van der Waals surface area contributed by atoms with Crippen LogP contribution in [0, 0.1) is 0 Å². The third-order valence-electron chi connectivity index (χ3n) is 4.51. The summed E-state index contributed by atoms with van der Waals surface area (Å²) in [6.45, 7) is 0. The van der Waals surface area contributed by atoms with E-state index >= 15 is 0 Å². The molecule has 1 saturated heterocycles. The Kier molecular flexibility index (Phi) is 4.79. The second-order valence-electron chi connectivity index (χ2n) is 6.57. The predicted octanol–water partition coefficient (Wildman–Crippen LogP) is 4.78. The van der Waals surface area contributed by atoms with E-state index in [1.54, 1.807) is 18.2 Å². The quantitative estimate of drug-likeness (QED) is 0.602. The summed E-state index contributed by atoms with van der Waals surface area (Å²) < 4.78 is 2.00. The van der Waals surface area contributed by atoms with Gasteiger partial charge in [0.05, 0.1) is 10.6 Å². The van der Waals surface area contributed by atoms with Gasteiger partial charge >= 0.3 is 0 Å². The molecule has 0 unspecified atom stereocenters. The number of amides is 2. The van der Waals surface area contributed by atoms with Crippen molar-refractivity contribution < 1.29 is 9.59 Å². The fourth-order valence-electron chi connectivity index (χ4n) is 3.06. The van der Waals surface area contributed by atoms with Crippen LogP contribution >= 0.6 is 11.8 Å². The zero-order chi connectivity index (χ0) is 19.7. The number of nitrogens with zero attached hydrogens (tertiary/aromatic N) is 3. The monoisotopic (exact) mass is 389 g/mol. The summed E-state index contributed by atoms with van der Waals surface area (Å²) in [6, 6.07) is 21.0. The van der Waals surface area contributed by atoms with Crippen LogP contribution in [0.5, 0.6) is 0 Å². The van der Waals surface area contributed by atoms with Crippen LogP contribution in [0.15, 0.2) is 77.8 Å². The number of thioether (sulfide) groups is 1. The van der Waals surface area contributed by atoms with Crippen LogP contribution in [0.4, 0.5) is 16.2 Å². The third kappa shape index (κ3) is 3.34. The molecule has 1 aliphatic heterocycles. The maximum Gasteiger partial charge on any atom is 0.298 e. The first-order valence-electron chi connectivity index (χ1n) is 8.83. The summed E-state index contributed by atoms with van der Waals surface area (Å²) in [6.07, 6.45) is 3.71. The Morgan fingerprint density at radius 2 is 1.57 bits per heavy atom. The van der Waals surface area contributed by atoms with E-state index in [0.29, 0.717) is 10.6 Å². The van der Waals surface area contributed by atoms with Gasteiger partial charge in [0, 0.05) is 37.4 Å². The van der Waals surface area contributed by atoms with E-state index < -0.39 is 0 Å². The van der Waals surface area contributed by atoms with Gasteiger partial charge in [-0.15, -0.1) is 0 Å². The van der Waals surface area contributed by atoms with E-state index in [9.17, 15) is 9.59 Å². The molecule has 4 rings (SSSR count). The SMILES string of the molecule is CN(C)c1ccc(-n2cccc2/C=C2\SC(=O)N(c3ccccc3)C2=O)cc1. The Morgan fingerprint density at radius 1 is 0.857 bits per heavy atom. The molecule has 28 heavy (non-hydrogen) atoms. The lowest BCUT2D eigenvalue weighted by Crippen LogP contribution is -2.27. The highest BCUT2D eigenvalue weighted by Gasteiger charge is 2.36. The van der Waals surface area contributed by atoms with Crippen LogP contribution in [0.25, 0.3) is 11.8 Å². The number of carbonyl (C=O) groups excluding carboxylic acids is 2. The summed E-state index contributed by atoms with van der Waals surface area (Å²) in [5.74, 6) is -0.295. The van der Waals surface area contributed by atoms with E-state index in [-0.39, 0.29) is 11.1 Å². The lowest BCUT2D eigenvalue weighted by atomic mass is 10.2. The van der Waals surface area contributed by atoms with E-state index in [4.69, 9.17) is 0 Å². The molecule has 2 aromatic carbocycles. The number of carbonyl (C=O) groups is 2. The Bertz CT molecular complexity index is 1050. The molecular formula is C22H19N3O2S. The maximum atomic E-state index is 12.8. The third-order valence-corrected chi connectivity index (χ3v) is 5.38. The molecule has 0 radical (unpaired) electrons. The van der Waals surface area contributed by atoms with Crippen molar-refractivity contribution in [1.82, 2.24) is 4.57 Å². The minimum absolute atomic E-state index is 0.282. The second-order valence-corrected chi connectivity index (χ2v) is 7.56. The van der Waals surface area contributed by atoms with Gasteiger partial charge < -0.3 is 9.47 Å². The van der Waals surface area contributed by atoms with Crippen molar-refractivity contribution in [2.75, 3.05) is 23.9 Å². The highest BCUT2D eigenvalue weighted by molar-refractivity contribution is 8.19. The topological polar surface area (TPSA) is 45.6 Å². The number of benzene rings is 2. The fourth-order valence-corrected chi connectivity index (χ4v) is 3.89. The largest absolute Gasteiger partial charge is 0.378 e. The minimum atomic E-state index is -0.295. The Hall–Kier alpha value is -3.25. The summed E-state index contributed by atoms with van der Waals surface area (Å²) >= 11 is 0.964. The highest BCUT2D eigenvalue weighted by Crippen LogP contribution is 2.35. The normalized spacial score (nSPS) is 15.5. The summed E-state index contributed by atoms with van der Waals surface area (Å²) in [7, 11) is 4.00. The van der Waals surface area contributed by atoms with Crippen molar-refractivity contribution in [2.45, 2.75) is 0 Å². The first kappa shape index (κ1) is 18.1. The molecule has 1 fully saturated rings. The van der Waals surface area contributed by atoms with Gasteiger partial charge in [-0.3, -0.25) is 9.59 Å². The van der Waals surface area contributed by atoms with Gasteiger partial charge in [0.15, 0.2) is 0 Å². The molecule has 0 N–H and O–H groups in total. The molecule has 140 valence electrons. The van der Waals surface area contributed by atoms with Crippen molar-refractivity contribution in [3.05, 3.63) is 83.5 Å². The van der Waals surface area contributed by atoms with E-state index in [2.05, 4.69) is 0 Å². The van der Waals surface area contributed by atoms with Crippen LogP contribution in [-0.4, -0.2) is 29.8 Å². The van der Waals surface area contributed by atoms with Crippen LogP contribution in [0.2, 0.25) is 0 Å². The smallest absolute Gasteiger partial charge is 0.298 e. The molecule has 0 bridgehead atoms. The molecule has 2 heterocycles. The average Bonchev–Trinajstić information content (AvgIpc) is 3.27.